The van der Waals surface area contributed by atoms with Crippen LogP contribution in [-0.4, -0.2) is 13.2 Å². The van der Waals surface area contributed by atoms with E-state index in [9.17, 15) is 0 Å². The minimum atomic E-state index is 0.810. The highest BCUT2D eigenvalue weighted by Crippen LogP contribution is 2.12. The maximum absolute atomic E-state index is 5.33. The van der Waals surface area contributed by atoms with Crippen molar-refractivity contribution in [1.82, 2.24) is 0 Å². The molecule has 0 aliphatic rings. The lowest BCUT2D eigenvalue weighted by Crippen LogP contribution is -2.00. The minimum absolute atomic E-state index is 0.810. The fourth-order valence-corrected chi connectivity index (χ4v) is 1.41. The van der Waals surface area contributed by atoms with E-state index in [1.807, 2.05) is 6.92 Å². The first-order valence-electron chi connectivity index (χ1n) is 4.88. The second kappa shape index (κ2) is 5.03. The van der Waals surface area contributed by atoms with Gasteiger partial charge in [-0.25, -0.2) is 0 Å². The van der Waals surface area contributed by atoms with Gasteiger partial charge in [-0.15, -0.1) is 0 Å². The van der Waals surface area contributed by atoms with Crippen molar-refractivity contribution in [2.24, 2.45) is 0 Å². The normalized spacial score (nSPS) is 10.4. The van der Waals surface area contributed by atoms with E-state index in [4.69, 9.17) is 4.74 Å². The molecule has 0 fully saturated rings. The van der Waals surface area contributed by atoms with Crippen LogP contribution in [0.25, 0.3) is 0 Å². The fourth-order valence-electron chi connectivity index (χ4n) is 1.41. The largest absolute Gasteiger partial charge is 0.381 e. The molecule has 0 saturated heterocycles. The molecule has 13 heavy (non-hydrogen) atoms. The molecule has 0 amide bonds. The van der Waals surface area contributed by atoms with Crippen LogP contribution in [-0.2, 0) is 11.2 Å². The summed E-state index contributed by atoms with van der Waals surface area (Å²) < 4.78 is 5.33. The number of hydrogen-bond donors (Lipinski definition) is 0. The Balaban J connectivity index is 2.61. The molecule has 0 spiro atoms. The van der Waals surface area contributed by atoms with Gasteiger partial charge in [-0.3, -0.25) is 0 Å². The molecule has 1 rings (SSSR count). The first-order valence-corrected chi connectivity index (χ1v) is 4.88. The van der Waals surface area contributed by atoms with Crippen LogP contribution in [0.3, 0.4) is 0 Å². The quantitative estimate of drug-likeness (QED) is 0.644. The Bertz CT molecular complexity index is 266. The summed E-state index contributed by atoms with van der Waals surface area (Å²) in [6.45, 7) is 8.00. The molecule has 0 atom stereocenters. The van der Waals surface area contributed by atoms with E-state index in [0.29, 0.717) is 0 Å². The predicted octanol–water partition coefficient (Wildman–Crippen LogP) is 2.88. The van der Waals surface area contributed by atoms with Crippen LogP contribution in [0.2, 0.25) is 0 Å². The summed E-state index contributed by atoms with van der Waals surface area (Å²) >= 11 is 0. The molecule has 1 aromatic carbocycles. The van der Waals surface area contributed by atoms with Gasteiger partial charge in [0, 0.05) is 6.61 Å². The lowest BCUT2D eigenvalue weighted by atomic mass is 10.0. The highest BCUT2D eigenvalue weighted by atomic mass is 16.5. The predicted molar refractivity (Wildman–Crippen MR) is 56.1 cm³/mol. The monoisotopic (exact) mass is 178 g/mol. The molecule has 0 radical (unpaired) electrons. The molecule has 0 N–H and O–H groups in total. The molecule has 0 saturated carbocycles. The smallest absolute Gasteiger partial charge is 0.0506 e. The third-order valence-electron chi connectivity index (χ3n) is 2.44. The van der Waals surface area contributed by atoms with Crippen molar-refractivity contribution in [2.45, 2.75) is 27.2 Å². The van der Waals surface area contributed by atoms with E-state index in [0.717, 1.165) is 19.6 Å². The van der Waals surface area contributed by atoms with Crippen molar-refractivity contribution in [3.8, 4) is 0 Å². The number of rotatable bonds is 4. The van der Waals surface area contributed by atoms with Gasteiger partial charge >= 0.3 is 0 Å². The molecular formula is C12H18O. The topological polar surface area (TPSA) is 9.23 Å². The van der Waals surface area contributed by atoms with Crippen molar-refractivity contribution in [3.63, 3.8) is 0 Å². The number of aryl methyl sites for hydroxylation is 1. The van der Waals surface area contributed by atoms with Crippen LogP contribution >= 0.6 is 0 Å². The Morgan fingerprint density at radius 1 is 1.23 bits per heavy atom. The summed E-state index contributed by atoms with van der Waals surface area (Å²) in [4.78, 5) is 0. The number of hydrogen-bond acceptors (Lipinski definition) is 1. The first kappa shape index (κ1) is 10.3. The molecular weight excluding hydrogens is 160 g/mol. The Labute approximate surface area is 80.7 Å². The maximum atomic E-state index is 5.33. The van der Waals surface area contributed by atoms with E-state index >= 15 is 0 Å². The van der Waals surface area contributed by atoms with Crippen molar-refractivity contribution in [3.05, 3.63) is 34.9 Å². The van der Waals surface area contributed by atoms with Crippen LogP contribution in [0.15, 0.2) is 18.2 Å². The lowest BCUT2D eigenvalue weighted by molar-refractivity contribution is 0.151. The van der Waals surface area contributed by atoms with E-state index in [1.165, 1.54) is 16.7 Å². The van der Waals surface area contributed by atoms with Gasteiger partial charge in [0.2, 0.25) is 0 Å². The van der Waals surface area contributed by atoms with Gasteiger partial charge < -0.3 is 4.74 Å². The van der Waals surface area contributed by atoms with E-state index in [-0.39, 0.29) is 0 Å². The van der Waals surface area contributed by atoms with E-state index < -0.39 is 0 Å². The fraction of sp³-hybridized carbons (Fsp3) is 0.500. The summed E-state index contributed by atoms with van der Waals surface area (Å²) in [5, 5.41) is 0. The summed E-state index contributed by atoms with van der Waals surface area (Å²) in [7, 11) is 0. The van der Waals surface area contributed by atoms with Gasteiger partial charge in [-0.1, -0.05) is 18.2 Å². The lowest BCUT2D eigenvalue weighted by Gasteiger charge is -2.07. The molecule has 1 heteroatoms. The minimum Gasteiger partial charge on any atom is -0.381 e. The van der Waals surface area contributed by atoms with Crippen LogP contribution in [0, 0.1) is 13.8 Å². The van der Waals surface area contributed by atoms with E-state index in [1.54, 1.807) is 0 Å². The summed E-state index contributed by atoms with van der Waals surface area (Å²) in [6, 6.07) is 6.45. The van der Waals surface area contributed by atoms with Gasteiger partial charge in [-0.05, 0) is 43.9 Å². The standard InChI is InChI=1S/C12H18O/c1-4-13-9-8-12-7-5-6-10(2)11(12)3/h5-7H,4,8-9H2,1-3H3. The Morgan fingerprint density at radius 2 is 2.00 bits per heavy atom. The highest BCUT2D eigenvalue weighted by molar-refractivity contribution is 5.33. The van der Waals surface area contributed by atoms with Crippen molar-refractivity contribution < 1.29 is 4.74 Å². The zero-order chi connectivity index (χ0) is 9.68. The van der Waals surface area contributed by atoms with Crippen molar-refractivity contribution in [1.29, 1.82) is 0 Å². The average molecular weight is 178 g/mol. The molecule has 72 valence electrons. The number of benzene rings is 1. The van der Waals surface area contributed by atoms with Crippen molar-refractivity contribution in [2.75, 3.05) is 13.2 Å². The molecule has 0 heterocycles. The number of ether oxygens (including phenoxy) is 1. The molecule has 0 bridgehead atoms. The van der Waals surface area contributed by atoms with Gasteiger partial charge in [0.25, 0.3) is 0 Å². The van der Waals surface area contributed by atoms with Crippen molar-refractivity contribution >= 4 is 0 Å². The Hall–Kier alpha value is -0.820. The zero-order valence-corrected chi connectivity index (χ0v) is 8.76. The van der Waals surface area contributed by atoms with Crippen LogP contribution in [0.1, 0.15) is 23.6 Å². The third kappa shape index (κ3) is 2.85. The highest BCUT2D eigenvalue weighted by Gasteiger charge is 1.99. The van der Waals surface area contributed by atoms with Gasteiger partial charge in [-0.2, -0.15) is 0 Å². The Kier molecular flexibility index (Phi) is 3.97. The van der Waals surface area contributed by atoms with E-state index in [2.05, 4.69) is 32.0 Å². The summed E-state index contributed by atoms with van der Waals surface area (Å²) in [6.07, 6.45) is 1.03. The molecule has 1 nitrogen and oxygen atoms in total. The van der Waals surface area contributed by atoms with Crippen LogP contribution in [0.4, 0.5) is 0 Å². The van der Waals surface area contributed by atoms with Gasteiger partial charge in [0.15, 0.2) is 0 Å². The first-order chi connectivity index (χ1) is 6.25. The van der Waals surface area contributed by atoms with Gasteiger partial charge in [0.05, 0.1) is 6.61 Å². The molecule has 0 aliphatic heterocycles. The SMILES string of the molecule is CCOCCc1cccc(C)c1C. The molecule has 0 aromatic heterocycles. The second-order valence-electron chi connectivity index (χ2n) is 3.31. The van der Waals surface area contributed by atoms with Crippen LogP contribution in [0.5, 0.6) is 0 Å². The maximum Gasteiger partial charge on any atom is 0.0506 e. The summed E-state index contributed by atoms with van der Waals surface area (Å²) in [5.41, 5.74) is 4.18. The zero-order valence-electron chi connectivity index (χ0n) is 8.76. The molecule has 0 aliphatic carbocycles. The third-order valence-corrected chi connectivity index (χ3v) is 2.44. The van der Waals surface area contributed by atoms with Gasteiger partial charge in [0.1, 0.15) is 0 Å². The summed E-state index contributed by atoms with van der Waals surface area (Å²) in [5.74, 6) is 0. The second-order valence-corrected chi connectivity index (χ2v) is 3.31. The Morgan fingerprint density at radius 3 is 2.69 bits per heavy atom. The van der Waals surface area contributed by atoms with Crippen LogP contribution < -0.4 is 0 Å². The average Bonchev–Trinajstić information content (AvgIpc) is 2.13. The molecule has 0 unspecified atom stereocenters. The molecule has 1 aromatic rings.